The first-order valence-corrected chi connectivity index (χ1v) is 8.15. The topological polar surface area (TPSA) is 47.7 Å². The summed E-state index contributed by atoms with van der Waals surface area (Å²) < 4.78 is 11.3. The monoisotopic (exact) mass is 284 g/mol. The molecule has 0 saturated heterocycles. The fourth-order valence-electron chi connectivity index (χ4n) is 4.22. The van der Waals surface area contributed by atoms with Gasteiger partial charge in [0, 0.05) is 20.3 Å². The van der Waals surface area contributed by atoms with E-state index in [-0.39, 0.29) is 6.10 Å². The lowest BCUT2D eigenvalue weighted by Gasteiger charge is -2.46. The van der Waals surface area contributed by atoms with Crippen molar-refractivity contribution in [3.8, 4) is 0 Å². The lowest BCUT2D eigenvalue weighted by molar-refractivity contribution is -0.0987. The molecule has 0 aromatic carbocycles. The molecular weight excluding hydrogens is 252 g/mol. The molecule has 0 aromatic rings. The molecule has 0 aromatic heterocycles. The van der Waals surface area contributed by atoms with Crippen LogP contribution < -0.4 is 5.73 Å². The van der Waals surface area contributed by atoms with Crippen LogP contribution in [0.2, 0.25) is 0 Å². The van der Waals surface area contributed by atoms with Crippen LogP contribution in [0.4, 0.5) is 0 Å². The summed E-state index contributed by atoms with van der Waals surface area (Å²) in [6, 6.07) is 0.736. The van der Waals surface area contributed by atoms with Crippen LogP contribution in [-0.4, -0.2) is 57.5 Å². The molecule has 0 aliphatic heterocycles. The van der Waals surface area contributed by atoms with E-state index in [1.54, 1.807) is 0 Å². The van der Waals surface area contributed by atoms with Crippen LogP contribution in [0.3, 0.4) is 0 Å². The number of hydrogen-bond acceptors (Lipinski definition) is 4. The molecule has 118 valence electrons. The van der Waals surface area contributed by atoms with Gasteiger partial charge in [0.1, 0.15) is 0 Å². The maximum Gasteiger partial charge on any atom is 0.0835 e. The zero-order chi connectivity index (χ0) is 14.5. The van der Waals surface area contributed by atoms with Gasteiger partial charge >= 0.3 is 0 Å². The lowest BCUT2D eigenvalue weighted by atomic mass is 9.67. The van der Waals surface area contributed by atoms with Gasteiger partial charge in [0.15, 0.2) is 0 Å². The first-order valence-electron chi connectivity index (χ1n) is 8.15. The highest BCUT2D eigenvalue weighted by Crippen LogP contribution is 2.43. The maximum absolute atomic E-state index is 5.65. The van der Waals surface area contributed by atoms with E-state index in [4.69, 9.17) is 15.2 Å². The first kappa shape index (κ1) is 16.2. The number of fused-ring (bicyclic) bond motifs is 1. The van der Waals surface area contributed by atoms with Crippen molar-refractivity contribution in [2.75, 3.05) is 34.4 Å². The highest BCUT2D eigenvalue weighted by atomic mass is 16.5. The van der Waals surface area contributed by atoms with Crippen LogP contribution in [0.15, 0.2) is 0 Å². The lowest BCUT2D eigenvalue weighted by Crippen LogP contribution is -2.47. The summed E-state index contributed by atoms with van der Waals surface area (Å²) in [6.45, 7) is 1.93. The minimum atomic E-state index is 0.286. The average molecular weight is 284 g/mol. The molecule has 5 atom stereocenters. The average Bonchev–Trinajstić information content (AvgIpc) is 2.50. The third kappa shape index (κ3) is 3.73. The quantitative estimate of drug-likeness (QED) is 0.809. The predicted octanol–water partition coefficient (Wildman–Crippen LogP) is 1.88. The summed E-state index contributed by atoms with van der Waals surface area (Å²) in [5, 5.41) is 0. The molecule has 2 rings (SSSR count). The van der Waals surface area contributed by atoms with Crippen LogP contribution in [0.1, 0.15) is 38.5 Å². The van der Waals surface area contributed by atoms with Crippen molar-refractivity contribution in [3.05, 3.63) is 0 Å². The normalized spacial score (nSPS) is 38.0. The number of hydrogen-bond donors (Lipinski definition) is 1. The summed E-state index contributed by atoms with van der Waals surface area (Å²) in [6.07, 6.45) is 8.03. The van der Waals surface area contributed by atoms with Gasteiger partial charge in [0.2, 0.25) is 0 Å². The minimum Gasteiger partial charge on any atom is -0.379 e. The highest BCUT2D eigenvalue weighted by Gasteiger charge is 2.41. The van der Waals surface area contributed by atoms with Crippen molar-refractivity contribution < 1.29 is 9.47 Å². The second kappa shape index (κ2) is 7.74. The van der Waals surface area contributed by atoms with Crippen molar-refractivity contribution in [1.82, 2.24) is 4.90 Å². The number of nitrogens with two attached hydrogens (primary N) is 1. The largest absolute Gasteiger partial charge is 0.379 e. The molecule has 2 fully saturated rings. The van der Waals surface area contributed by atoms with E-state index in [2.05, 4.69) is 11.9 Å². The molecule has 2 aliphatic carbocycles. The maximum atomic E-state index is 5.65. The Morgan fingerprint density at radius 2 is 1.65 bits per heavy atom. The molecule has 0 radical (unpaired) electrons. The Kier molecular flexibility index (Phi) is 6.27. The second-order valence-electron chi connectivity index (χ2n) is 6.63. The van der Waals surface area contributed by atoms with Crippen LogP contribution in [0.25, 0.3) is 0 Å². The van der Waals surface area contributed by atoms with E-state index in [9.17, 15) is 0 Å². The molecule has 0 heterocycles. The van der Waals surface area contributed by atoms with Gasteiger partial charge in [0.25, 0.3) is 0 Å². The van der Waals surface area contributed by atoms with Crippen molar-refractivity contribution >= 4 is 0 Å². The van der Waals surface area contributed by atoms with E-state index in [1.807, 2.05) is 14.2 Å². The molecule has 0 spiro atoms. The van der Waals surface area contributed by atoms with Crippen LogP contribution in [0, 0.1) is 11.8 Å². The van der Waals surface area contributed by atoms with Gasteiger partial charge in [0.05, 0.1) is 12.2 Å². The van der Waals surface area contributed by atoms with Crippen molar-refractivity contribution in [2.45, 2.75) is 56.8 Å². The van der Waals surface area contributed by atoms with Crippen LogP contribution in [0.5, 0.6) is 0 Å². The molecule has 5 unspecified atom stereocenters. The molecule has 0 amide bonds. The fourth-order valence-corrected chi connectivity index (χ4v) is 4.22. The van der Waals surface area contributed by atoms with Gasteiger partial charge in [-0.3, -0.25) is 0 Å². The van der Waals surface area contributed by atoms with Crippen molar-refractivity contribution in [1.29, 1.82) is 0 Å². The SMILES string of the molecule is COC1CC2CCC(N(C)CCCN)CC2CC1OC. The zero-order valence-corrected chi connectivity index (χ0v) is 13.4. The van der Waals surface area contributed by atoms with E-state index in [0.717, 1.165) is 37.4 Å². The predicted molar refractivity (Wildman–Crippen MR) is 81.7 cm³/mol. The Balaban J connectivity index is 1.89. The Bertz CT molecular complexity index is 288. The molecule has 4 nitrogen and oxygen atoms in total. The van der Waals surface area contributed by atoms with Gasteiger partial charge in [-0.2, -0.15) is 0 Å². The third-order valence-corrected chi connectivity index (χ3v) is 5.54. The Morgan fingerprint density at radius 1 is 1.00 bits per heavy atom. The van der Waals surface area contributed by atoms with E-state index >= 15 is 0 Å². The summed E-state index contributed by atoms with van der Waals surface area (Å²) in [5.74, 6) is 1.65. The van der Waals surface area contributed by atoms with Crippen molar-refractivity contribution in [2.24, 2.45) is 17.6 Å². The van der Waals surface area contributed by atoms with Gasteiger partial charge in [-0.1, -0.05) is 0 Å². The first-order chi connectivity index (χ1) is 9.69. The van der Waals surface area contributed by atoms with Gasteiger partial charge < -0.3 is 20.1 Å². The van der Waals surface area contributed by atoms with E-state index < -0.39 is 0 Å². The van der Waals surface area contributed by atoms with Crippen LogP contribution in [-0.2, 0) is 9.47 Å². The summed E-state index contributed by atoms with van der Waals surface area (Å²) >= 11 is 0. The van der Waals surface area contributed by atoms with Crippen LogP contribution >= 0.6 is 0 Å². The van der Waals surface area contributed by atoms with Gasteiger partial charge in [-0.15, -0.1) is 0 Å². The third-order valence-electron chi connectivity index (χ3n) is 5.54. The molecule has 2 N–H and O–H groups in total. The highest BCUT2D eigenvalue weighted by molar-refractivity contribution is 4.93. The molecule has 4 heteroatoms. The Labute approximate surface area is 124 Å². The summed E-state index contributed by atoms with van der Waals surface area (Å²) in [4.78, 5) is 2.52. The summed E-state index contributed by atoms with van der Waals surface area (Å²) in [5.41, 5.74) is 5.62. The fraction of sp³-hybridized carbons (Fsp3) is 1.00. The number of methoxy groups -OCH3 is 2. The molecule has 0 bridgehead atoms. The number of nitrogens with zero attached hydrogens (tertiary/aromatic N) is 1. The Hall–Kier alpha value is -0.160. The molecule has 2 aliphatic rings. The smallest absolute Gasteiger partial charge is 0.0835 e. The van der Waals surface area contributed by atoms with E-state index in [1.165, 1.54) is 32.1 Å². The van der Waals surface area contributed by atoms with E-state index in [0.29, 0.717) is 6.10 Å². The molecule has 2 saturated carbocycles. The minimum absolute atomic E-state index is 0.286. The molecular formula is C16H32N2O2. The second-order valence-corrected chi connectivity index (χ2v) is 6.63. The van der Waals surface area contributed by atoms with Gasteiger partial charge in [-0.05, 0) is 70.5 Å². The Morgan fingerprint density at radius 3 is 2.25 bits per heavy atom. The number of ether oxygens (including phenoxy) is 2. The van der Waals surface area contributed by atoms with Gasteiger partial charge in [-0.25, -0.2) is 0 Å². The summed E-state index contributed by atoms with van der Waals surface area (Å²) in [7, 11) is 5.91. The molecule has 20 heavy (non-hydrogen) atoms. The standard InChI is InChI=1S/C16H32N2O2/c1-18(8-4-7-17)14-6-5-12-10-15(19-2)16(20-3)11-13(12)9-14/h12-16H,4-11,17H2,1-3H3. The zero-order valence-electron chi connectivity index (χ0n) is 13.4. The number of rotatable bonds is 6. The van der Waals surface area contributed by atoms with Crippen molar-refractivity contribution in [3.63, 3.8) is 0 Å².